The van der Waals surface area contributed by atoms with Gasteiger partial charge in [0, 0.05) is 55.3 Å². The molecule has 2 aromatic carbocycles. The van der Waals surface area contributed by atoms with Crippen LogP contribution in [0.2, 0.25) is 0 Å². The van der Waals surface area contributed by atoms with Gasteiger partial charge in [0.05, 0.1) is 11.0 Å². The number of hydrogen-bond acceptors (Lipinski definition) is 6. The molecule has 2 amide bonds. The molecular formula is C30H41N9O2. The lowest BCUT2D eigenvalue weighted by Gasteiger charge is -2.17. The van der Waals surface area contributed by atoms with Gasteiger partial charge in [-0.15, -0.1) is 0 Å². The Hall–Kier alpha value is -4.93. The van der Waals surface area contributed by atoms with Gasteiger partial charge in [0.15, 0.2) is 5.96 Å². The average Bonchev–Trinajstić information content (AvgIpc) is 3.33. The third-order valence-electron chi connectivity index (χ3n) is 5.77. The zero-order valence-electron chi connectivity index (χ0n) is 24.2. The molecule has 0 saturated heterocycles. The van der Waals surface area contributed by atoms with E-state index in [1.165, 1.54) is 0 Å². The first-order valence-corrected chi connectivity index (χ1v) is 13.5. The number of aliphatic imine (C=N–C) groups is 1. The smallest absolute Gasteiger partial charge is 0.253 e. The van der Waals surface area contributed by atoms with Crippen molar-refractivity contribution in [1.82, 2.24) is 19.4 Å². The number of imidazole rings is 1. The number of rotatable bonds is 9. The molecule has 0 unspecified atom stereocenters. The number of primary amides is 1. The van der Waals surface area contributed by atoms with Crippen LogP contribution in [0.25, 0.3) is 22.4 Å². The molecule has 0 bridgehead atoms. The molecule has 0 fully saturated rings. The summed E-state index contributed by atoms with van der Waals surface area (Å²) in [5.74, 6) is 0.186. The summed E-state index contributed by atoms with van der Waals surface area (Å²) in [6.07, 6.45) is 3.41. The second-order valence-corrected chi connectivity index (χ2v) is 8.92. The monoisotopic (exact) mass is 559 g/mol. The van der Waals surface area contributed by atoms with Crippen molar-refractivity contribution in [3.8, 4) is 11.4 Å². The van der Waals surface area contributed by atoms with Crippen LogP contribution in [0.15, 0.2) is 71.9 Å². The van der Waals surface area contributed by atoms with Crippen molar-refractivity contribution in [3.63, 3.8) is 0 Å². The number of pyridine rings is 1. The first-order chi connectivity index (χ1) is 19.7. The van der Waals surface area contributed by atoms with Crippen LogP contribution in [-0.4, -0.2) is 57.3 Å². The van der Waals surface area contributed by atoms with Gasteiger partial charge >= 0.3 is 0 Å². The van der Waals surface area contributed by atoms with Gasteiger partial charge in [-0.2, -0.15) is 0 Å². The van der Waals surface area contributed by atoms with E-state index in [1.807, 2.05) is 51.1 Å². The molecule has 2 heterocycles. The molecule has 0 aliphatic rings. The third-order valence-corrected chi connectivity index (χ3v) is 5.77. The minimum Gasteiger partial charge on any atom is -0.399 e. The topological polar surface area (TPSA) is 185 Å². The van der Waals surface area contributed by atoms with E-state index in [0.29, 0.717) is 35.6 Å². The zero-order chi connectivity index (χ0) is 30.4. The Morgan fingerprint density at radius 2 is 1.71 bits per heavy atom. The number of amides is 2. The van der Waals surface area contributed by atoms with E-state index in [0.717, 1.165) is 29.7 Å². The maximum atomic E-state index is 13.0. The fourth-order valence-electron chi connectivity index (χ4n) is 3.82. The van der Waals surface area contributed by atoms with Crippen LogP contribution in [0.4, 0.5) is 5.69 Å². The van der Waals surface area contributed by atoms with Crippen molar-refractivity contribution in [2.45, 2.75) is 40.2 Å². The number of nitrogen functional groups attached to an aromatic ring is 1. The molecule has 4 rings (SSSR count). The van der Waals surface area contributed by atoms with Gasteiger partial charge in [0.25, 0.3) is 5.91 Å². The van der Waals surface area contributed by atoms with Crippen LogP contribution >= 0.6 is 0 Å². The molecule has 11 nitrogen and oxygen atoms in total. The van der Waals surface area contributed by atoms with E-state index < -0.39 is 5.91 Å². The number of aromatic nitrogens is 3. The number of benzene rings is 2. The van der Waals surface area contributed by atoms with Crippen LogP contribution in [0.1, 0.15) is 43.2 Å². The van der Waals surface area contributed by atoms with Crippen LogP contribution in [0.5, 0.6) is 0 Å². The predicted molar refractivity (Wildman–Crippen MR) is 166 cm³/mol. The number of anilines is 1. The third kappa shape index (κ3) is 9.64. The van der Waals surface area contributed by atoms with E-state index >= 15 is 0 Å². The highest BCUT2D eigenvalue weighted by molar-refractivity contribution is 5.98. The second-order valence-electron chi connectivity index (χ2n) is 8.92. The first-order valence-electron chi connectivity index (χ1n) is 13.5. The standard InChI is InChI=1S/C24H24N6O2.C4H11N3.C2H6/c1-29(13-11-19-4-2-3-12-27-19)24(32)17-7-10-21-20(14-17)28-23(30(21)15-22(26)31)16-5-8-18(25)9-6-16;1-2-3-7-4(5)6;1-2/h2-10,12,14H,11,13,15,25H2,1H3,(H2,26,31);2-3H2,1H3,(H4,5,6,7);1-2H3. The maximum absolute atomic E-state index is 13.0. The molecule has 2 aromatic heterocycles. The summed E-state index contributed by atoms with van der Waals surface area (Å²) in [7, 11) is 1.76. The summed E-state index contributed by atoms with van der Waals surface area (Å²) in [5.41, 5.74) is 25.5. The van der Waals surface area contributed by atoms with E-state index in [4.69, 9.17) is 27.9 Å². The zero-order valence-corrected chi connectivity index (χ0v) is 24.2. The largest absolute Gasteiger partial charge is 0.399 e. The van der Waals surface area contributed by atoms with E-state index in [1.54, 1.807) is 53.0 Å². The van der Waals surface area contributed by atoms with Crippen LogP contribution in [0, 0.1) is 0 Å². The second kappa shape index (κ2) is 16.2. The van der Waals surface area contributed by atoms with Gasteiger partial charge in [-0.3, -0.25) is 19.6 Å². The summed E-state index contributed by atoms with van der Waals surface area (Å²) in [5, 5.41) is 0. The number of fused-ring (bicyclic) bond motifs is 1. The summed E-state index contributed by atoms with van der Waals surface area (Å²) >= 11 is 0. The lowest BCUT2D eigenvalue weighted by atomic mass is 10.1. The Kier molecular flexibility index (Phi) is 12.8. The van der Waals surface area contributed by atoms with Gasteiger partial charge in [-0.05, 0) is 61.0 Å². The summed E-state index contributed by atoms with van der Waals surface area (Å²) in [6, 6.07) is 18.2. The van der Waals surface area contributed by atoms with E-state index in [-0.39, 0.29) is 18.4 Å². The van der Waals surface area contributed by atoms with Crippen LogP contribution < -0.4 is 22.9 Å². The number of hydrogen-bond donors (Lipinski definition) is 4. The van der Waals surface area contributed by atoms with Crippen LogP contribution in [-0.2, 0) is 17.8 Å². The van der Waals surface area contributed by atoms with Crippen molar-refractivity contribution >= 4 is 34.5 Å². The Morgan fingerprint density at radius 3 is 2.27 bits per heavy atom. The van der Waals surface area contributed by atoms with Gasteiger partial charge in [0.2, 0.25) is 5.91 Å². The van der Waals surface area contributed by atoms with Crippen molar-refractivity contribution in [3.05, 3.63) is 78.1 Å². The highest BCUT2D eigenvalue weighted by atomic mass is 16.2. The van der Waals surface area contributed by atoms with Gasteiger partial charge in [0.1, 0.15) is 12.4 Å². The molecule has 0 aliphatic carbocycles. The summed E-state index contributed by atoms with van der Waals surface area (Å²) in [4.78, 5) is 39.0. The Balaban J connectivity index is 0.000000573. The van der Waals surface area contributed by atoms with E-state index in [9.17, 15) is 9.59 Å². The normalized spacial score (nSPS) is 10.0. The summed E-state index contributed by atoms with van der Waals surface area (Å²) in [6.45, 7) is 7.28. The minimum absolute atomic E-state index is 0.0204. The first kappa shape index (κ1) is 32.3. The van der Waals surface area contributed by atoms with E-state index in [2.05, 4.69) is 9.98 Å². The average molecular weight is 560 g/mol. The number of nitrogens with two attached hydrogens (primary N) is 4. The molecule has 0 spiro atoms. The van der Waals surface area contributed by atoms with Crippen molar-refractivity contribution in [1.29, 1.82) is 0 Å². The molecule has 0 saturated carbocycles. The quantitative estimate of drug-likeness (QED) is 0.138. The lowest BCUT2D eigenvalue weighted by Crippen LogP contribution is -2.29. The molecule has 4 aromatic rings. The number of guanidine groups is 1. The van der Waals surface area contributed by atoms with Crippen molar-refractivity contribution in [2.24, 2.45) is 22.2 Å². The predicted octanol–water partition coefficient (Wildman–Crippen LogP) is 3.18. The van der Waals surface area contributed by atoms with Gasteiger partial charge < -0.3 is 32.4 Å². The lowest BCUT2D eigenvalue weighted by molar-refractivity contribution is -0.118. The Morgan fingerprint density at radius 1 is 1.00 bits per heavy atom. The fraction of sp³-hybridized carbons (Fsp3) is 0.300. The van der Waals surface area contributed by atoms with Crippen molar-refractivity contribution < 1.29 is 9.59 Å². The number of nitrogens with zero attached hydrogens (tertiary/aromatic N) is 5. The highest BCUT2D eigenvalue weighted by Gasteiger charge is 2.18. The number of likely N-dealkylation sites (N-methyl/N-ethyl adjacent to an activating group) is 1. The number of carbonyl (C=O) groups is 2. The van der Waals surface area contributed by atoms with Crippen LogP contribution in [0.3, 0.4) is 0 Å². The molecule has 8 N–H and O–H groups in total. The molecule has 11 heteroatoms. The van der Waals surface area contributed by atoms with Crippen molar-refractivity contribution in [2.75, 3.05) is 25.9 Å². The molecule has 218 valence electrons. The minimum atomic E-state index is -0.476. The molecule has 0 aliphatic heterocycles. The Labute approximate surface area is 241 Å². The fourth-order valence-corrected chi connectivity index (χ4v) is 3.82. The Bertz CT molecular complexity index is 1430. The number of carbonyl (C=O) groups excluding carboxylic acids is 2. The van der Waals surface area contributed by atoms with Gasteiger partial charge in [-0.25, -0.2) is 4.98 Å². The highest BCUT2D eigenvalue weighted by Crippen LogP contribution is 2.26. The van der Waals surface area contributed by atoms with Gasteiger partial charge in [-0.1, -0.05) is 26.8 Å². The molecule has 41 heavy (non-hydrogen) atoms. The SMILES string of the molecule is CC.CCCN=C(N)N.CN(CCc1ccccn1)C(=O)c1ccc2c(c1)nc(-c1ccc(N)cc1)n2CC(N)=O. The molecular weight excluding hydrogens is 518 g/mol. The molecule has 0 atom stereocenters. The summed E-state index contributed by atoms with van der Waals surface area (Å²) < 4.78 is 1.75. The maximum Gasteiger partial charge on any atom is 0.253 e. The molecule has 0 radical (unpaired) electrons.